The minimum Gasteiger partial charge on any atom is -0.480 e. The van der Waals surface area contributed by atoms with Gasteiger partial charge in [-0.25, -0.2) is 0 Å². The predicted molar refractivity (Wildman–Crippen MR) is 58.0 cm³/mol. The number of benzene rings is 1. The largest absolute Gasteiger partial charge is 0.480 e. The second-order valence-corrected chi connectivity index (χ2v) is 3.59. The van der Waals surface area contributed by atoms with Gasteiger partial charge in [0.1, 0.15) is 6.54 Å². The summed E-state index contributed by atoms with van der Waals surface area (Å²) in [7, 11) is 0. The van der Waals surface area contributed by atoms with Gasteiger partial charge in [0.2, 0.25) is 5.91 Å². The number of carboxylic acids is 1. The van der Waals surface area contributed by atoms with E-state index in [4.69, 9.17) is 5.11 Å². The van der Waals surface area contributed by atoms with E-state index in [2.05, 4.69) is 6.42 Å². The third-order valence-corrected chi connectivity index (χ3v) is 2.49. The summed E-state index contributed by atoms with van der Waals surface area (Å²) in [4.78, 5) is 23.6. The van der Waals surface area contributed by atoms with Gasteiger partial charge in [-0.3, -0.25) is 9.59 Å². The van der Waals surface area contributed by atoms with Crippen molar-refractivity contribution in [2.45, 2.75) is 12.8 Å². The number of aliphatic carboxylic acids is 1. The fraction of sp³-hybridized carbons (Fsp3) is 0.250. The number of hydrogen-bond donors (Lipinski definition) is 1. The molecule has 0 saturated carbocycles. The predicted octanol–water partition coefficient (Wildman–Crippen LogP) is 1.13. The fourth-order valence-corrected chi connectivity index (χ4v) is 1.79. The van der Waals surface area contributed by atoms with Gasteiger partial charge in [0.05, 0.1) is 6.42 Å². The molecule has 16 heavy (non-hydrogen) atoms. The number of anilines is 1. The van der Waals surface area contributed by atoms with Crippen LogP contribution in [0, 0.1) is 6.42 Å². The van der Waals surface area contributed by atoms with Gasteiger partial charge in [0.25, 0.3) is 0 Å². The van der Waals surface area contributed by atoms with Crippen molar-refractivity contribution >= 4 is 17.6 Å². The number of carbonyl (C=O) groups excluding carboxylic acids is 1. The van der Waals surface area contributed by atoms with E-state index in [0.29, 0.717) is 12.1 Å². The van der Waals surface area contributed by atoms with Crippen LogP contribution in [0.3, 0.4) is 0 Å². The highest BCUT2D eigenvalue weighted by Crippen LogP contribution is 2.25. The van der Waals surface area contributed by atoms with Gasteiger partial charge in [-0.05, 0) is 24.5 Å². The zero-order valence-corrected chi connectivity index (χ0v) is 8.64. The number of aryl methyl sites for hydroxylation is 1. The maximum Gasteiger partial charge on any atom is 0.323 e. The molecular weight excluding hydrogens is 206 g/mol. The van der Waals surface area contributed by atoms with Gasteiger partial charge < -0.3 is 10.0 Å². The summed E-state index contributed by atoms with van der Waals surface area (Å²) in [5.41, 5.74) is 1.67. The van der Waals surface area contributed by atoms with Crippen LogP contribution in [0.1, 0.15) is 12.0 Å². The summed E-state index contributed by atoms with van der Waals surface area (Å²) in [6, 6.07) is 7.35. The van der Waals surface area contributed by atoms with Crippen molar-refractivity contribution in [1.29, 1.82) is 0 Å². The topological polar surface area (TPSA) is 57.6 Å². The molecule has 0 aromatic heterocycles. The van der Waals surface area contributed by atoms with Crippen molar-refractivity contribution in [3.8, 4) is 0 Å². The molecule has 0 bridgehead atoms. The molecular formula is C12H11NO3. The third kappa shape index (κ3) is 2.05. The van der Waals surface area contributed by atoms with E-state index >= 15 is 0 Å². The van der Waals surface area contributed by atoms with Gasteiger partial charge in [0, 0.05) is 5.69 Å². The van der Waals surface area contributed by atoms with Crippen LogP contribution in [0.25, 0.3) is 0 Å². The first kappa shape index (κ1) is 10.7. The Kier molecular flexibility index (Phi) is 2.90. The summed E-state index contributed by atoms with van der Waals surface area (Å²) < 4.78 is 0. The number of carbonyl (C=O) groups is 2. The van der Waals surface area contributed by atoms with Crippen LogP contribution < -0.4 is 4.90 Å². The Hall–Kier alpha value is -1.84. The minimum atomic E-state index is -1.02. The average molecular weight is 217 g/mol. The highest BCUT2D eigenvalue weighted by Gasteiger charge is 2.24. The van der Waals surface area contributed by atoms with Gasteiger partial charge in [-0.1, -0.05) is 18.2 Å². The van der Waals surface area contributed by atoms with Crippen molar-refractivity contribution in [3.63, 3.8) is 0 Å². The molecule has 0 unspecified atom stereocenters. The van der Waals surface area contributed by atoms with Crippen molar-refractivity contribution in [2.24, 2.45) is 0 Å². The van der Waals surface area contributed by atoms with Crippen molar-refractivity contribution in [2.75, 3.05) is 11.4 Å². The molecule has 1 aromatic carbocycles. The molecule has 1 N–H and O–H groups in total. The SMILES string of the molecule is O=C(O)CN1C(=O)[C]CCc2ccccc21. The van der Waals surface area contributed by atoms with Crippen LogP contribution in [-0.4, -0.2) is 23.5 Å². The molecule has 4 heteroatoms. The smallest absolute Gasteiger partial charge is 0.323 e. The average Bonchev–Trinajstić information content (AvgIpc) is 2.40. The fourth-order valence-electron chi connectivity index (χ4n) is 1.79. The van der Waals surface area contributed by atoms with E-state index < -0.39 is 5.97 Å². The summed E-state index contributed by atoms with van der Waals surface area (Å²) in [5, 5.41) is 8.78. The van der Waals surface area contributed by atoms with Crippen molar-refractivity contribution in [3.05, 3.63) is 36.2 Å². The number of rotatable bonds is 2. The minimum absolute atomic E-state index is 0.317. The molecule has 1 amide bonds. The molecule has 1 aromatic rings. The van der Waals surface area contributed by atoms with Crippen LogP contribution in [-0.2, 0) is 16.0 Å². The molecule has 0 saturated heterocycles. The lowest BCUT2D eigenvalue weighted by molar-refractivity contribution is -0.136. The number of amides is 1. The highest BCUT2D eigenvalue weighted by molar-refractivity contribution is 6.03. The van der Waals surface area contributed by atoms with E-state index in [0.717, 1.165) is 12.0 Å². The first-order valence-corrected chi connectivity index (χ1v) is 5.03. The second-order valence-electron chi connectivity index (χ2n) is 3.59. The first-order chi connectivity index (χ1) is 7.68. The number of para-hydroxylation sites is 1. The molecule has 1 aliphatic rings. The molecule has 0 fully saturated rings. The molecule has 1 aliphatic heterocycles. The van der Waals surface area contributed by atoms with Crippen molar-refractivity contribution < 1.29 is 14.7 Å². The van der Waals surface area contributed by atoms with Gasteiger partial charge >= 0.3 is 5.97 Å². The Morgan fingerprint density at radius 3 is 2.94 bits per heavy atom. The lowest BCUT2D eigenvalue weighted by Gasteiger charge is -2.20. The van der Waals surface area contributed by atoms with Crippen LogP contribution >= 0.6 is 0 Å². The molecule has 0 spiro atoms. The maximum absolute atomic E-state index is 11.7. The lowest BCUT2D eigenvalue weighted by Crippen LogP contribution is -2.35. The summed E-state index contributed by atoms with van der Waals surface area (Å²) in [6.07, 6.45) is 3.92. The van der Waals surface area contributed by atoms with E-state index in [-0.39, 0.29) is 12.5 Å². The Morgan fingerprint density at radius 1 is 1.44 bits per heavy atom. The van der Waals surface area contributed by atoms with E-state index in [1.807, 2.05) is 12.1 Å². The van der Waals surface area contributed by atoms with Crippen LogP contribution in [0.5, 0.6) is 0 Å². The zero-order valence-electron chi connectivity index (χ0n) is 8.64. The first-order valence-electron chi connectivity index (χ1n) is 5.03. The van der Waals surface area contributed by atoms with E-state index in [1.165, 1.54) is 4.90 Å². The Labute approximate surface area is 93.5 Å². The Balaban J connectivity index is 2.39. The molecule has 2 rings (SSSR count). The van der Waals surface area contributed by atoms with Crippen LogP contribution in [0.4, 0.5) is 5.69 Å². The van der Waals surface area contributed by atoms with Crippen LogP contribution in [0.2, 0.25) is 0 Å². The molecule has 2 radical (unpaired) electrons. The maximum atomic E-state index is 11.7. The van der Waals surface area contributed by atoms with Gasteiger partial charge in [-0.2, -0.15) is 0 Å². The highest BCUT2D eigenvalue weighted by atomic mass is 16.4. The van der Waals surface area contributed by atoms with E-state index in [1.54, 1.807) is 12.1 Å². The van der Waals surface area contributed by atoms with Gasteiger partial charge in [-0.15, -0.1) is 0 Å². The van der Waals surface area contributed by atoms with Crippen LogP contribution in [0.15, 0.2) is 24.3 Å². The zero-order chi connectivity index (χ0) is 11.5. The number of hydrogen-bond acceptors (Lipinski definition) is 2. The number of carboxylic acid groups (broad SMARTS) is 1. The molecule has 0 aliphatic carbocycles. The van der Waals surface area contributed by atoms with Gasteiger partial charge in [0.15, 0.2) is 0 Å². The lowest BCUT2D eigenvalue weighted by atomic mass is 10.1. The monoisotopic (exact) mass is 217 g/mol. The molecule has 4 nitrogen and oxygen atoms in total. The second kappa shape index (κ2) is 4.35. The molecule has 0 atom stereocenters. The number of nitrogens with zero attached hydrogens (tertiary/aromatic N) is 1. The Morgan fingerprint density at radius 2 is 2.19 bits per heavy atom. The summed E-state index contributed by atoms with van der Waals surface area (Å²) >= 11 is 0. The third-order valence-electron chi connectivity index (χ3n) is 2.49. The molecule has 82 valence electrons. The van der Waals surface area contributed by atoms with Crippen molar-refractivity contribution in [1.82, 2.24) is 0 Å². The normalized spacial score (nSPS) is 15.5. The Bertz CT molecular complexity index is 428. The summed E-state index contributed by atoms with van der Waals surface area (Å²) in [5.74, 6) is -1.38. The summed E-state index contributed by atoms with van der Waals surface area (Å²) in [6.45, 7) is -0.317. The quantitative estimate of drug-likeness (QED) is 0.807. The molecule has 1 heterocycles. The number of fused-ring (bicyclic) bond motifs is 1. The van der Waals surface area contributed by atoms with E-state index in [9.17, 15) is 9.59 Å². The standard InChI is InChI=1S/C12H11NO3/c14-11-7-3-5-9-4-1-2-6-10(9)13(11)8-12(15)16/h1-2,4,6H,3,5,8H2,(H,15,16).